The van der Waals surface area contributed by atoms with E-state index < -0.39 is 0 Å². The van der Waals surface area contributed by atoms with E-state index >= 15 is 0 Å². The van der Waals surface area contributed by atoms with E-state index in [0.29, 0.717) is 11.5 Å². The first-order valence-corrected chi connectivity index (χ1v) is 6.46. The molecule has 0 aromatic carbocycles. The van der Waals surface area contributed by atoms with Crippen LogP contribution in [0, 0.1) is 0 Å². The second-order valence-electron chi connectivity index (χ2n) is 4.93. The third-order valence-electron chi connectivity index (χ3n) is 2.76. The summed E-state index contributed by atoms with van der Waals surface area (Å²) in [5, 5.41) is 14.7. The lowest BCUT2D eigenvalue weighted by molar-refractivity contribution is -0.117. The van der Waals surface area contributed by atoms with Gasteiger partial charge in [0, 0.05) is 18.2 Å². The summed E-state index contributed by atoms with van der Waals surface area (Å²) in [6.45, 7) is 5.89. The summed E-state index contributed by atoms with van der Waals surface area (Å²) >= 11 is 0. The maximum Gasteiger partial charge on any atom is 0.247 e. The largest absolute Gasteiger partial charge is 0.323 e. The molecule has 1 unspecified atom stereocenters. The number of aromatic nitrogens is 5. The molecular weight excluding hydrogens is 258 g/mol. The number of hydrogen-bond acceptors (Lipinski definition) is 5. The summed E-state index contributed by atoms with van der Waals surface area (Å²) < 4.78 is 3.21. The number of rotatable bonds is 5. The van der Waals surface area contributed by atoms with E-state index in [1.807, 2.05) is 20.8 Å². The van der Waals surface area contributed by atoms with Crippen LogP contribution in [0.25, 0.3) is 0 Å². The zero-order valence-corrected chi connectivity index (χ0v) is 11.8. The molecule has 2 aromatic rings. The summed E-state index contributed by atoms with van der Waals surface area (Å²) in [5.41, 5.74) is 6.35. The third-order valence-corrected chi connectivity index (χ3v) is 2.76. The van der Waals surface area contributed by atoms with Gasteiger partial charge in [0.2, 0.25) is 5.91 Å². The molecule has 0 saturated carbocycles. The van der Waals surface area contributed by atoms with E-state index in [1.54, 1.807) is 23.1 Å². The molecule has 2 heterocycles. The Morgan fingerprint density at radius 3 is 2.80 bits per heavy atom. The second kappa shape index (κ2) is 5.83. The molecule has 20 heavy (non-hydrogen) atoms. The van der Waals surface area contributed by atoms with Crippen molar-refractivity contribution in [2.75, 3.05) is 5.32 Å². The molecule has 108 valence electrons. The van der Waals surface area contributed by atoms with Gasteiger partial charge in [-0.2, -0.15) is 5.10 Å². The molecule has 0 bridgehead atoms. The Morgan fingerprint density at radius 1 is 1.45 bits per heavy atom. The molecular formula is C12H19N7O. The number of carbonyl (C=O) groups is 1. The van der Waals surface area contributed by atoms with Crippen LogP contribution in [0.5, 0.6) is 0 Å². The zero-order valence-electron chi connectivity index (χ0n) is 11.8. The normalized spacial score (nSPS) is 12.7. The number of anilines is 1. The Balaban J connectivity index is 1.99. The lowest BCUT2D eigenvalue weighted by Gasteiger charge is -2.11. The number of nitrogens with one attached hydrogen (secondary N) is 1. The Hall–Kier alpha value is -2.22. The average Bonchev–Trinajstić information content (AvgIpc) is 2.97. The maximum atomic E-state index is 12.0. The van der Waals surface area contributed by atoms with Gasteiger partial charge in [-0.1, -0.05) is 5.21 Å². The van der Waals surface area contributed by atoms with Crippen molar-refractivity contribution in [2.24, 2.45) is 5.73 Å². The molecule has 1 amide bonds. The summed E-state index contributed by atoms with van der Waals surface area (Å²) in [4.78, 5) is 12.0. The fourth-order valence-electron chi connectivity index (χ4n) is 1.75. The van der Waals surface area contributed by atoms with Crippen LogP contribution < -0.4 is 11.1 Å². The molecule has 0 aliphatic heterocycles. The first-order valence-electron chi connectivity index (χ1n) is 6.46. The van der Waals surface area contributed by atoms with Crippen molar-refractivity contribution in [3.63, 3.8) is 0 Å². The van der Waals surface area contributed by atoms with Gasteiger partial charge in [-0.3, -0.25) is 4.79 Å². The Morgan fingerprint density at radius 2 is 2.20 bits per heavy atom. The van der Waals surface area contributed by atoms with E-state index in [4.69, 9.17) is 5.73 Å². The van der Waals surface area contributed by atoms with Crippen molar-refractivity contribution >= 4 is 11.7 Å². The van der Waals surface area contributed by atoms with Crippen LogP contribution in [-0.4, -0.2) is 30.7 Å². The minimum atomic E-state index is -0.200. The highest BCUT2D eigenvalue weighted by Gasteiger charge is 2.11. The number of carbonyl (C=O) groups excluding carboxylic acids is 1. The smallest absolute Gasteiger partial charge is 0.247 e. The Labute approximate surface area is 116 Å². The highest BCUT2D eigenvalue weighted by molar-refractivity contribution is 5.89. The molecule has 0 radical (unpaired) electrons. The molecule has 1 atom stereocenters. The Bertz CT molecular complexity index is 584. The van der Waals surface area contributed by atoms with Crippen molar-refractivity contribution in [3.05, 3.63) is 24.2 Å². The molecule has 0 aliphatic carbocycles. The monoisotopic (exact) mass is 277 g/mol. The van der Waals surface area contributed by atoms with E-state index in [0.717, 1.165) is 0 Å². The van der Waals surface area contributed by atoms with Crippen molar-refractivity contribution in [2.45, 2.75) is 39.4 Å². The first kappa shape index (κ1) is 14.2. The number of nitrogens with zero attached hydrogens (tertiary/aromatic N) is 5. The molecule has 0 fully saturated rings. The van der Waals surface area contributed by atoms with Crippen molar-refractivity contribution < 1.29 is 4.79 Å². The van der Waals surface area contributed by atoms with Gasteiger partial charge >= 0.3 is 0 Å². The first-order chi connectivity index (χ1) is 9.47. The minimum absolute atomic E-state index is 0.0863. The average molecular weight is 277 g/mol. The summed E-state index contributed by atoms with van der Waals surface area (Å²) in [6, 6.07) is 1.73. The zero-order chi connectivity index (χ0) is 14.7. The van der Waals surface area contributed by atoms with E-state index in [-0.39, 0.29) is 24.5 Å². The molecule has 0 spiro atoms. The fraction of sp³-hybridized carbons (Fsp3) is 0.500. The van der Waals surface area contributed by atoms with Crippen LogP contribution in [0.1, 0.15) is 38.5 Å². The van der Waals surface area contributed by atoms with Gasteiger partial charge in [0.1, 0.15) is 12.4 Å². The van der Waals surface area contributed by atoms with Crippen molar-refractivity contribution in [3.8, 4) is 0 Å². The molecule has 8 nitrogen and oxygen atoms in total. The van der Waals surface area contributed by atoms with Crippen molar-refractivity contribution in [1.82, 2.24) is 24.8 Å². The Kier molecular flexibility index (Phi) is 4.14. The van der Waals surface area contributed by atoms with Crippen LogP contribution in [-0.2, 0) is 11.3 Å². The van der Waals surface area contributed by atoms with E-state index in [1.165, 1.54) is 4.68 Å². The van der Waals surface area contributed by atoms with Gasteiger partial charge in [-0.25, -0.2) is 9.36 Å². The maximum absolute atomic E-state index is 12.0. The molecule has 3 N–H and O–H groups in total. The molecule has 2 aromatic heterocycles. The standard InChI is InChI=1S/C12H19N7O/c1-8(2)19-11(4-5-14-19)15-12(20)7-18-6-10(9(3)13)16-17-18/h4-6,8-9H,7,13H2,1-3H3,(H,15,20). The van der Waals surface area contributed by atoms with Crippen LogP contribution >= 0.6 is 0 Å². The van der Waals surface area contributed by atoms with Gasteiger partial charge in [-0.05, 0) is 20.8 Å². The predicted molar refractivity (Wildman–Crippen MR) is 73.9 cm³/mol. The number of nitrogens with two attached hydrogens (primary N) is 1. The molecule has 0 aliphatic rings. The van der Waals surface area contributed by atoms with E-state index in [9.17, 15) is 4.79 Å². The predicted octanol–water partition coefficient (Wildman–Crippen LogP) is 0.714. The number of amides is 1. The quantitative estimate of drug-likeness (QED) is 0.837. The molecule has 8 heteroatoms. The fourth-order valence-corrected chi connectivity index (χ4v) is 1.75. The van der Waals surface area contributed by atoms with Gasteiger partial charge < -0.3 is 11.1 Å². The van der Waals surface area contributed by atoms with Gasteiger partial charge in [0.15, 0.2) is 0 Å². The summed E-state index contributed by atoms with van der Waals surface area (Å²) in [5.74, 6) is 0.478. The highest BCUT2D eigenvalue weighted by Crippen LogP contribution is 2.13. The topological polar surface area (TPSA) is 104 Å². The third kappa shape index (κ3) is 3.21. The highest BCUT2D eigenvalue weighted by atomic mass is 16.2. The summed E-state index contributed by atoms with van der Waals surface area (Å²) in [7, 11) is 0. The van der Waals surface area contributed by atoms with Gasteiger partial charge in [0.25, 0.3) is 0 Å². The van der Waals surface area contributed by atoms with E-state index in [2.05, 4.69) is 20.7 Å². The van der Waals surface area contributed by atoms with Gasteiger partial charge in [-0.15, -0.1) is 5.10 Å². The lowest BCUT2D eigenvalue weighted by atomic mass is 10.3. The number of hydrogen-bond donors (Lipinski definition) is 2. The van der Waals surface area contributed by atoms with Crippen molar-refractivity contribution in [1.29, 1.82) is 0 Å². The molecule has 2 rings (SSSR count). The van der Waals surface area contributed by atoms with Crippen LogP contribution in [0.4, 0.5) is 5.82 Å². The molecule has 0 saturated heterocycles. The summed E-state index contributed by atoms with van der Waals surface area (Å²) in [6.07, 6.45) is 3.32. The minimum Gasteiger partial charge on any atom is -0.323 e. The van der Waals surface area contributed by atoms with Crippen LogP contribution in [0.2, 0.25) is 0 Å². The SMILES string of the molecule is CC(N)c1cn(CC(=O)Nc2ccnn2C(C)C)nn1. The van der Waals surface area contributed by atoms with Crippen LogP contribution in [0.3, 0.4) is 0 Å². The van der Waals surface area contributed by atoms with Crippen LogP contribution in [0.15, 0.2) is 18.5 Å². The lowest BCUT2D eigenvalue weighted by Crippen LogP contribution is -2.21. The van der Waals surface area contributed by atoms with Gasteiger partial charge in [0.05, 0.1) is 18.1 Å². The second-order valence-corrected chi connectivity index (χ2v) is 4.93.